The first-order valence-electron chi connectivity index (χ1n) is 7.47. The third kappa shape index (κ3) is 5.49. The van der Waals surface area contributed by atoms with Crippen LogP contribution in [-0.4, -0.2) is 48.7 Å². The molecule has 7 nitrogen and oxygen atoms in total. The molecule has 3 N–H and O–H groups in total. The van der Waals surface area contributed by atoms with Crippen molar-refractivity contribution in [2.75, 3.05) is 13.7 Å². The first kappa shape index (κ1) is 20.5. The van der Waals surface area contributed by atoms with Crippen LogP contribution in [0.2, 0.25) is 0 Å². The van der Waals surface area contributed by atoms with Crippen molar-refractivity contribution in [2.24, 2.45) is 5.92 Å². The highest BCUT2D eigenvalue weighted by atomic mass is 19.1. The number of ether oxygens (including phenoxy) is 1. The number of aliphatic carboxylic acids is 1. The van der Waals surface area contributed by atoms with Crippen molar-refractivity contribution >= 4 is 17.8 Å². The number of carbonyl (C=O) groups is 3. The molecule has 1 aromatic rings. The highest BCUT2D eigenvalue weighted by Crippen LogP contribution is 2.13. The summed E-state index contributed by atoms with van der Waals surface area (Å²) in [6.45, 7) is 2.91. The minimum Gasteiger partial charge on any atom is -0.479 e. The number of amides is 2. The van der Waals surface area contributed by atoms with Crippen LogP contribution < -0.4 is 10.6 Å². The minimum absolute atomic E-state index is 0.322. The molecule has 0 aliphatic rings. The third-order valence-corrected chi connectivity index (χ3v) is 3.45. The molecule has 0 aliphatic heterocycles. The van der Waals surface area contributed by atoms with E-state index in [0.29, 0.717) is 0 Å². The van der Waals surface area contributed by atoms with Crippen LogP contribution in [0, 0.1) is 17.6 Å². The first-order chi connectivity index (χ1) is 11.7. The normalized spacial score (nSPS) is 13.2. The summed E-state index contributed by atoms with van der Waals surface area (Å²) in [6.07, 6.45) is -1.25. The lowest BCUT2D eigenvalue weighted by atomic mass is 10.0. The van der Waals surface area contributed by atoms with E-state index < -0.39 is 53.0 Å². The number of methoxy groups -OCH3 is 1. The standard InChI is InChI=1S/C16H20F2N2O5/c1-8(2)13(15(22)19-7-11(25-3)16(23)24)20-14(21)12-9(17)5-4-6-10(12)18/h4-6,8,11,13H,7H2,1-3H3,(H,19,22)(H,20,21)(H,23,24). The Morgan fingerprint density at radius 3 is 2.20 bits per heavy atom. The molecule has 0 fully saturated rings. The molecule has 1 aromatic carbocycles. The van der Waals surface area contributed by atoms with Gasteiger partial charge in [-0.2, -0.15) is 0 Å². The van der Waals surface area contributed by atoms with Crippen molar-refractivity contribution in [3.63, 3.8) is 0 Å². The Kier molecular flexibility index (Phi) is 7.43. The lowest BCUT2D eigenvalue weighted by molar-refractivity contribution is -0.148. The fourth-order valence-electron chi connectivity index (χ4n) is 2.04. The number of nitrogens with one attached hydrogen (secondary N) is 2. The fraction of sp³-hybridized carbons (Fsp3) is 0.438. The molecule has 0 spiro atoms. The van der Waals surface area contributed by atoms with E-state index in [0.717, 1.165) is 18.2 Å². The molecule has 0 aromatic heterocycles. The van der Waals surface area contributed by atoms with Gasteiger partial charge in [-0.3, -0.25) is 9.59 Å². The van der Waals surface area contributed by atoms with Gasteiger partial charge in [0.2, 0.25) is 5.91 Å². The summed E-state index contributed by atoms with van der Waals surface area (Å²) >= 11 is 0. The number of hydrogen-bond donors (Lipinski definition) is 3. The molecule has 0 saturated carbocycles. The molecule has 1 rings (SSSR count). The zero-order chi connectivity index (χ0) is 19.1. The molecular weight excluding hydrogens is 338 g/mol. The predicted octanol–water partition coefficient (Wildman–Crippen LogP) is 0.935. The minimum atomic E-state index is -1.26. The van der Waals surface area contributed by atoms with Gasteiger partial charge in [-0.15, -0.1) is 0 Å². The van der Waals surface area contributed by atoms with Crippen LogP contribution in [0.5, 0.6) is 0 Å². The van der Waals surface area contributed by atoms with Crippen molar-refractivity contribution in [1.29, 1.82) is 0 Å². The maximum absolute atomic E-state index is 13.7. The summed E-state index contributed by atoms with van der Waals surface area (Å²) < 4.78 is 32.0. The quantitative estimate of drug-likeness (QED) is 0.641. The summed E-state index contributed by atoms with van der Waals surface area (Å²) in [7, 11) is 1.17. The number of carboxylic acids is 1. The van der Waals surface area contributed by atoms with Crippen molar-refractivity contribution in [3.05, 3.63) is 35.4 Å². The zero-order valence-electron chi connectivity index (χ0n) is 14.0. The average molecular weight is 358 g/mol. The summed E-state index contributed by atoms with van der Waals surface area (Å²) in [5.41, 5.74) is -0.791. The number of halogens is 2. The average Bonchev–Trinajstić information content (AvgIpc) is 2.52. The van der Waals surface area contributed by atoms with E-state index in [9.17, 15) is 23.2 Å². The third-order valence-electron chi connectivity index (χ3n) is 3.45. The second-order valence-electron chi connectivity index (χ2n) is 5.60. The highest BCUT2D eigenvalue weighted by Gasteiger charge is 2.28. The summed E-state index contributed by atoms with van der Waals surface area (Å²) in [4.78, 5) is 35.2. The van der Waals surface area contributed by atoms with Crippen LogP contribution in [0.15, 0.2) is 18.2 Å². The zero-order valence-corrected chi connectivity index (χ0v) is 14.0. The molecule has 2 atom stereocenters. The van der Waals surface area contributed by atoms with E-state index in [2.05, 4.69) is 15.4 Å². The molecule has 0 radical (unpaired) electrons. The van der Waals surface area contributed by atoms with Crippen molar-refractivity contribution < 1.29 is 33.0 Å². The smallest absolute Gasteiger partial charge is 0.334 e. The number of hydrogen-bond acceptors (Lipinski definition) is 4. The van der Waals surface area contributed by atoms with Crippen LogP contribution in [0.25, 0.3) is 0 Å². The van der Waals surface area contributed by atoms with E-state index >= 15 is 0 Å². The van der Waals surface area contributed by atoms with E-state index in [4.69, 9.17) is 5.11 Å². The Morgan fingerprint density at radius 1 is 1.20 bits per heavy atom. The summed E-state index contributed by atoms with van der Waals surface area (Å²) in [5, 5.41) is 13.5. The second kappa shape index (κ2) is 9.07. The van der Waals surface area contributed by atoms with Gasteiger partial charge in [-0.05, 0) is 18.1 Å². The molecule has 25 heavy (non-hydrogen) atoms. The van der Waals surface area contributed by atoms with Crippen LogP contribution in [0.4, 0.5) is 8.78 Å². The molecule has 9 heteroatoms. The van der Waals surface area contributed by atoms with Gasteiger partial charge in [-0.1, -0.05) is 19.9 Å². The molecule has 138 valence electrons. The van der Waals surface area contributed by atoms with Gasteiger partial charge in [0.25, 0.3) is 5.91 Å². The molecule has 0 heterocycles. The Labute approximate surface area is 143 Å². The van der Waals surface area contributed by atoms with Crippen LogP contribution in [-0.2, 0) is 14.3 Å². The van der Waals surface area contributed by atoms with Gasteiger partial charge in [0.1, 0.15) is 23.2 Å². The molecule has 0 saturated heterocycles. The molecule has 2 amide bonds. The fourth-order valence-corrected chi connectivity index (χ4v) is 2.04. The van der Waals surface area contributed by atoms with Crippen molar-refractivity contribution in [2.45, 2.75) is 26.0 Å². The molecule has 0 aliphatic carbocycles. The Balaban J connectivity index is 2.85. The number of benzene rings is 1. The second-order valence-corrected chi connectivity index (χ2v) is 5.60. The monoisotopic (exact) mass is 358 g/mol. The lowest BCUT2D eigenvalue weighted by Crippen LogP contribution is -2.52. The highest BCUT2D eigenvalue weighted by molar-refractivity contribution is 5.98. The van der Waals surface area contributed by atoms with Gasteiger partial charge in [0.05, 0.1) is 6.54 Å². The predicted molar refractivity (Wildman–Crippen MR) is 83.9 cm³/mol. The SMILES string of the molecule is COC(CNC(=O)C(NC(=O)c1c(F)cccc1F)C(C)C)C(=O)O. The van der Waals surface area contributed by atoms with E-state index in [1.165, 1.54) is 7.11 Å². The van der Waals surface area contributed by atoms with Crippen molar-refractivity contribution in [3.8, 4) is 0 Å². The van der Waals surface area contributed by atoms with Gasteiger partial charge in [0, 0.05) is 7.11 Å². The van der Waals surface area contributed by atoms with E-state index in [-0.39, 0.29) is 6.54 Å². The van der Waals surface area contributed by atoms with Gasteiger partial charge in [0.15, 0.2) is 6.10 Å². The van der Waals surface area contributed by atoms with Crippen molar-refractivity contribution in [1.82, 2.24) is 10.6 Å². The maximum atomic E-state index is 13.7. The van der Waals surface area contributed by atoms with Crippen LogP contribution in [0.1, 0.15) is 24.2 Å². The van der Waals surface area contributed by atoms with E-state index in [1.807, 2.05) is 0 Å². The van der Waals surface area contributed by atoms with Gasteiger partial charge in [-0.25, -0.2) is 13.6 Å². The van der Waals surface area contributed by atoms with Gasteiger partial charge < -0.3 is 20.5 Å². The molecular formula is C16H20F2N2O5. The first-order valence-corrected chi connectivity index (χ1v) is 7.47. The number of rotatable bonds is 8. The van der Waals surface area contributed by atoms with E-state index in [1.54, 1.807) is 13.8 Å². The maximum Gasteiger partial charge on any atom is 0.334 e. The molecule has 0 bridgehead atoms. The number of carbonyl (C=O) groups excluding carboxylic acids is 2. The Hall–Kier alpha value is -2.55. The summed E-state index contributed by atoms with van der Waals surface area (Å²) in [5.74, 6) is -5.54. The Bertz CT molecular complexity index is 631. The largest absolute Gasteiger partial charge is 0.479 e. The topological polar surface area (TPSA) is 105 Å². The van der Waals surface area contributed by atoms with Crippen LogP contribution in [0.3, 0.4) is 0 Å². The summed E-state index contributed by atoms with van der Waals surface area (Å²) in [6, 6.07) is 1.86. The number of carboxylic acid groups (broad SMARTS) is 1. The molecule has 2 unspecified atom stereocenters. The lowest BCUT2D eigenvalue weighted by Gasteiger charge is -2.22. The Morgan fingerprint density at radius 2 is 1.76 bits per heavy atom. The van der Waals surface area contributed by atoms with Crippen LogP contribution >= 0.6 is 0 Å². The van der Waals surface area contributed by atoms with Gasteiger partial charge >= 0.3 is 5.97 Å².